The first-order valence-electron chi connectivity index (χ1n) is 7.99. The van der Waals surface area contributed by atoms with Crippen LogP contribution in [0.25, 0.3) is 10.9 Å². The molecule has 0 saturated heterocycles. The normalized spacial score (nSPS) is 11.4. The van der Waals surface area contributed by atoms with Crippen molar-refractivity contribution in [2.45, 2.75) is 26.8 Å². The summed E-state index contributed by atoms with van der Waals surface area (Å²) in [5, 5.41) is 15.4. The lowest BCUT2D eigenvalue weighted by atomic mass is 10.0. The maximum Gasteiger partial charge on any atom is 0.256 e. The summed E-state index contributed by atoms with van der Waals surface area (Å²) in [6.45, 7) is 4.63. The molecule has 1 aromatic carbocycles. The maximum atomic E-state index is 12.6. The maximum absolute atomic E-state index is 12.6. The third-order valence-electron chi connectivity index (χ3n) is 3.86. The predicted octanol–water partition coefficient (Wildman–Crippen LogP) is 2.21. The topological polar surface area (TPSA) is 102 Å². The molecule has 24 heavy (non-hydrogen) atoms. The van der Waals surface area contributed by atoms with Crippen molar-refractivity contribution in [3.8, 4) is 0 Å². The second-order valence-corrected chi connectivity index (χ2v) is 6.37. The second kappa shape index (κ2) is 6.45. The van der Waals surface area contributed by atoms with E-state index in [1.54, 1.807) is 24.0 Å². The number of carbonyl (C=O) groups is 1. The molecule has 0 atom stereocenters. The van der Waals surface area contributed by atoms with E-state index < -0.39 is 0 Å². The highest BCUT2D eigenvalue weighted by molar-refractivity contribution is 6.06. The van der Waals surface area contributed by atoms with Crippen molar-refractivity contribution >= 4 is 22.6 Å². The average Bonchev–Trinajstić information content (AvgIpc) is 3.09. The number of rotatable bonds is 5. The number of aromatic nitrogens is 4. The number of aryl methyl sites for hydroxylation is 1. The zero-order valence-electron chi connectivity index (χ0n) is 14.1. The van der Waals surface area contributed by atoms with Crippen molar-refractivity contribution in [1.29, 1.82) is 0 Å². The van der Waals surface area contributed by atoms with Gasteiger partial charge in [0, 0.05) is 42.0 Å². The fourth-order valence-electron chi connectivity index (χ4n) is 2.74. The number of benzene rings is 1. The smallest absolute Gasteiger partial charge is 0.256 e. The van der Waals surface area contributed by atoms with Gasteiger partial charge in [-0.3, -0.25) is 14.6 Å². The first kappa shape index (κ1) is 16.2. The van der Waals surface area contributed by atoms with Crippen molar-refractivity contribution in [3.05, 3.63) is 41.2 Å². The van der Waals surface area contributed by atoms with Crippen LogP contribution in [0.5, 0.6) is 0 Å². The van der Waals surface area contributed by atoms with Gasteiger partial charge in [0.15, 0.2) is 5.82 Å². The highest BCUT2D eigenvalue weighted by atomic mass is 16.1. The third-order valence-corrected chi connectivity index (χ3v) is 3.86. The van der Waals surface area contributed by atoms with Crippen LogP contribution in [0.1, 0.15) is 35.5 Å². The van der Waals surface area contributed by atoms with Crippen LogP contribution in [0.3, 0.4) is 0 Å². The highest BCUT2D eigenvalue weighted by Gasteiger charge is 2.14. The number of nitrogens with one attached hydrogen (secondary N) is 2. The molecule has 7 heteroatoms. The summed E-state index contributed by atoms with van der Waals surface area (Å²) in [4.78, 5) is 12.6. The zero-order chi connectivity index (χ0) is 17.3. The first-order valence-corrected chi connectivity index (χ1v) is 7.99. The number of nitrogens with zero attached hydrogens (tertiary/aromatic N) is 3. The van der Waals surface area contributed by atoms with Gasteiger partial charge in [0.05, 0.1) is 5.52 Å². The van der Waals surface area contributed by atoms with E-state index in [1.807, 2.05) is 12.1 Å². The number of aromatic amines is 1. The number of nitrogens with two attached hydrogens (primary N) is 1. The van der Waals surface area contributed by atoms with Gasteiger partial charge in [0.25, 0.3) is 5.91 Å². The number of hydrogen-bond donors (Lipinski definition) is 3. The van der Waals surface area contributed by atoms with Crippen LogP contribution >= 0.6 is 0 Å². The highest BCUT2D eigenvalue weighted by Crippen LogP contribution is 2.21. The molecular formula is C17H22N6O. The van der Waals surface area contributed by atoms with Gasteiger partial charge in [-0.15, -0.1) is 0 Å². The van der Waals surface area contributed by atoms with E-state index in [2.05, 4.69) is 34.5 Å². The van der Waals surface area contributed by atoms with Crippen LogP contribution in [-0.4, -0.2) is 25.9 Å². The Hall–Kier alpha value is -2.67. The lowest BCUT2D eigenvalue weighted by Gasteiger charge is -2.05. The molecule has 0 bridgehead atoms. The molecule has 1 amide bonds. The molecule has 2 heterocycles. The lowest BCUT2D eigenvalue weighted by molar-refractivity contribution is 0.102. The average molecular weight is 326 g/mol. The Balaban J connectivity index is 1.89. The molecule has 0 fully saturated rings. The molecule has 7 nitrogen and oxygen atoms in total. The monoisotopic (exact) mass is 326 g/mol. The fraction of sp³-hybridized carbons (Fsp3) is 0.353. The number of H-pyrrole nitrogens is 1. The minimum atomic E-state index is -0.206. The summed E-state index contributed by atoms with van der Waals surface area (Å²) >= 11 is 0. The number of fused-ring (bicyclic) bond motifs is 1. The quantitative estimate of drug-likeness (QED) is 0.669. The Labute approximate surface area is 140 Å². The number of anilines is 1. The summed E-state index contributed by atoms with van der Waals surface area (Å²) in [6, 6.07) is 5.49. The van der Waals surface area contributed by atoms with E-state index in [-0.39, 0.29) is 5.91 Å². The zero-order valence-corrected chi connectivity index (χ0v) is 14.1. The SMILES string of the molecule is CC(C)Cc1[nH]nc2ccc(C(=O)Nc3nn(C)cc3CN)cc12. The summed E-state index contributed by atoms with van der Waals surface area (Å²) in [6.07, 6.45) is 2.69. The molecule has 3 rings (SSSR count). The molecule has 2 aromatic heterocycles. The molecule has 0 saturated carbocycles. The molecule has 0 aliphatic rings. The van der Waals surface area contributed by atoms with Crippen molar-refractivity contribution in [1.82, 2.24) is 20.0 Å². The van der Waals surface area contributed by atoms with E-state index in [4.69, 9.17) is 5.73 Å². The number of carbonyl (C=O) groups excluding carboxylic acids is 1. The summed E-state index contributed by atoms with van der Waals surface area (Å²) < 4.78 is 1.64. The second-order valence-electron chi connectivity index (χ2n) is 6.37. The van der Waals surface area contributed by atoms with Gasteiger partial charge < -0.3 is 11.1 Å². The number of amides is 1. The van der Waals surface area contributed by atoms with Crippen LogP contribution in [0.2, 0.25) is 0 Å². The molecule has 0 unspecified atom stereocenters. The van der Waals surface area contributed by atoms with E-state index in [9.17, 15) is 4.79 Å². The van der Waals surface area contributed by atoms with Crippen molar-refractivity contribution in [2.24, 2.45) is 18.7 Å². The van der Waals surface area contributed by atoms with Crippen molar-refractivity contribution < 1.29 is 4.79 Å². The fourth-order valence-corrected chi connectivity index (χ4v) is 2.74. The van der Waals surface area contributed by atoms with Crippen molar-refractivity contribution in [2.75, 3.05) is 5.32 Å². The van der Waals surface area contributed by atoms with Gasteiger partial charge in [-0.25, -0.2) is 0 Å². The first-order chi connectivity index (χ1) is 11.5. The Bertz CT molecular complexity index is 876. The van der Waals surface area contributed by atoms with Crippen LogP contribution in [-0.2, 0) is 20.0 Å². The van der Waals surface area contributed by atoms with Crippen LogP contribution < -0.4 is 11.1 Å². The van der Waals surface area contributed by atoms with Crippen LogP contribution in [0.15, 0.2) is 24.4 Å². The Morgan fingerprint density at radius 1 is 1.42 bits per heavy atom. The molecule has 3 aromatic rings. The standard InChI is InChI=1S/C17H22N6O/c1-10(2)6-15-13-7-11(4-5-14(13)20-21-15)17(24)19-16-12(8-18)9-23(3)22-16/h4-5,7,9-10H,6,8,18H2,1-3H3,(H,20,21)(H,19,22,24). The van der Waals surface area contributed by atoms with Gasteiger partial charge in [-0.05, 0) is 30.5 Å². The molecule has 0 radical (unpaired) electrons. The van der Waals surface area contributed by atoms with E-state index in [1.165, 1.54) is 0 Å². The van der Waals surface area contributed by atoms with Crippen LogP contribution in [0.4, 0.5) is 5.82 Å². The van der Waals surface area contributed by atoms with Gasteiger partial charge >= 0.3 is 0 Å². The number of hydrogen-bond acceptors (Lipinski definition) is 4. The minimum Gasteiger partial charge on any atom is -0.326 e. The molecule has 0 aliphatic heterocycles. The van der Waals surface area contributed by atoms with Crippen LogP contribution in [0, 0.1) is 5.92 Å². The summed E-state index contributed by atoms with van der Waals surface area (Å²) in [7, 11) is 1.80. The van der Waals surface area contributed by atoms with Gasteiger partial charge in [0.2, 0.25) is 0 Å². The largest absolute Gasteiger partial charge is 0.326 e. The predicted molar refractivity (Wildman–Crippen MR) is 93.7 cm³/mol. The Morgan fingerprint density at radius 2 is 2.21 bits per heavy atom. The molecule has 0 aliphatic carbocycles. The van der Waals surface area contributed by atoms with Gasteiger partial charge in [-0.2, -0.15) is 10.2 Å². The molecule has 4 N–H and O–H groups in total. The molecular weight excluding hydrogens is 304 g/mol. The van der Waals surface area contributed by atoms with E-state index >= 15 is 0 Å². The summed E-state index contributed by atoms with van der Waals surface area (Å²) in [5.41, 5.74) is 8.98. The minimum absolute atomic E-state index is 0.206. The van der Waals surface area contributed by atoms with Gasteiger partial charge in [-0.1, -0.05) is 13.8 Å². The molecule has 126 valence electrons. The third kappa shape index (κ3) is 3.16. The Kier molecular flexibility index (Phi) is 4.35. The van der Waals surface area contributed by atoms with Gasteiger partial charge in [0.1, 0.15) is 0 Å². The summed E-state index contributed by atoms with van der Waals surface area (Å²) in [5.74, 6) is 0.799. The lowest BCUT2D eigenvalue weighted by Crippen LogP contribution is -2.14. The molecule has 0 spiro atoms. The van der Waals surface area contributed by atoms with E-state index in [0.717, 1.165) is 28.6 Å². The van der Waals surface area contributed by atoms with Crippen molar-refractivity contribution in [3.63, 3.8) is 0 Å². The van der Waals surface area contributed by atoms with E-state index in [0.29, 0.717) is 23.8 Å². The Morgan fingerprint density at radius 3 is 2.92 bits per heavy atom.